The molecule has 0 aliphatic rings. The summed E-state index contributed by atoms with van der Waals surface area (Å²) in [6.07, 6.45) is 0.492. The molecule has 0 fully saturated rings. The normalized spacial score (nSPS) is 10.3. The first-order chi connectivity index (χ1) is 7.00. The molecule has 0 amide bonds. The Labute approximate surface area is 88.7 Å². The van der Waals surface area contributed by atoms with E-state index in [1.165, 1.54) is 12.1 Å². The van der Waals surface area contributed by atoms with Crippen LogP contribution in [0.3, 0.4) is 0 Å². The van der Waals surface area contributed by atoms with Crippen molar-refractivity contribution in [2.45, 2.75) is 20.3 Å². The van der Waals surface area contributed by atoms with Gasteiger partial charge in [-0.05, 0) is 18.1 Å². The molecule has 0 aliphatic carbocycles. The van der Waals surface area contributed by atoms with E-state index in [1.54, 1.807) is 12.1 Å². The van der Waals surface area contributed by atoms with Gasteiger partial charge in [0.05, 0.1) is 5.56 Å². The molecular formula is C12H14O3. The Kier molecular flexibility index (Phi) is 3.61. The molecule has 0 aromatic heterocycles. The van der Waals surface area contributed by atoms with E-state index < -0.39 is 5.97 Å². The number of carbonyl (C=O) groups excluding carboxylic acids is 1. The van der Waals surface area contributed by atoms with Crippen LogP contribution in [0, 0.1) is 5.92 Å². The Bertz CT molecular complexity index is 363. The number of ketones is 1. The van der Waals surface area contributed by atoms with Gasteiger partial charge in [-0.15, -0.1) is 0 Å². The fraction of sp³-hybridized carbons (Fsp3) is 0.333. The van der Waals surface area contributed by atoms with Crippen molar-refractivity contribution >= 4 is 11.8 Å². The molecule has 0 bridgehead atoms. The average Bonchev–Trinajstić information content (AvgIpc) is 2.17. The molecule has 80 valence electrons. The van der Waals surface area contributed by atoms with Crippen LogP contribution in [-0.4, -0.2) is 16.9 Å². The van der Waals surface area contributed by atoms with E-state index >= 15 is 0 Å². The molecule has 1 N–H and O–H groups in total. The fourth-order valence-corrected chi connectivity index (χ4v) is 1.29. The molecule has 0 saturated carbocycles. The molecule has 3 nitrogen and oxygen atoms in total. The minimum absolute atomic E-state index is 0.0574. The van der Waals surface area contributed by atoms with Crippen molar-refractivity contribution in [3.8, 4) is 0 Å². The number of rotatable bonds is 4. The van der Waals surface area contributed by atoms with Crippen molar-refractivity contribution in [1.29, 1.82) is 0 Å². The van der Waals surface area contributed by atoms with Gasteiger partial charge in [-0.1, -0.05) is 26.0 Å². The van der Waals surface area contributed by atoms with Crippen LogP contribution in [0.4, 0.5) is 0 Å². The average molecular weight is 206 g/mol. The van der Waals surface area contributed by atoms with Crippen molar-refractivity contribution in [3.63, 3.8) is 0 Å². The van der Waals surface area contributed by atoms with E-state index in [9.17, 15) is 9.59 Å². The summed E-state index contributed by atoms with van der Waals surface area (Å²) in [4.78, 5) is 22.2. The number of Topliss-reactive ketones (excluding diaryl/α,β-unsaturated/α-hetero) is 1. The second-order valence-electron chi connectivity index (χ2n) is 3.90. The Morgan fingerprint density at radius 3 is 2.00 bits per heavy atom. The van der Waals surface area contributed by atoms with E-state index in [2.05, 4.69) is 0 Å². The first kappa shape index (κ1) is 11.4. The predicted octanol–water partition coefficient (Wildman–Crippen LogP) is 2.61. The maximum absolute atomic E-state index is 11.6. The van der Waals surface area contributed by atoms with Crippen LogP contribution in [-0.2, 0) is 0 Å². The summed E-state index contributed by atoms with van der Waals surface area (Å²) >= 11 is 0. The molecule has 15 heavy (non-hydrogen) atoms. The highest BCUT2D eigenvalue weighted by molar-refractivity contribution is 5.97. The summed E-state index contributed by atoms with van der Waals surface area (Å²) in [5.74, 6) is -0.601. The van der Waals surface area contributed by atoms with Gasteiger partial charge >= 0.3 is 5.97 Å². The number of hydrogen-bond acceptors (Lipinski definition) is 2. The van der Waals surface area contributed by atoms with Gasteiger partial charge in [0.25, 0.3) is 0 Å². The summed E-state index contributed by atoms with van der Waals surface area (Å²) in [7, 11) is 0. The quantitative estimate of drug-likeness (QED) is 0.770. The van der Waals surface area contributed by atoms with Crippen molar-refractivity contribution in [2.24, 2.45) is 5.92 Å². The minimum atomic E-state index is -0.974. The van der Waals surface area contributed by atoms with Crippen LogP contribution in [0.1, 0.15) is 41.0 Å². The molecule has 0 aliphatic heterocycles. The molecule has 0 unspecified atom stereocenters. The summed E-state index contributed by atoms with van der Waals surface area (Å²) < 4.78 is 0. The van der Waals surface area contributed by atoms with E-state index in [4.69, 9.17) is 5.11 Å². The standard InChI is InChI=1S/C12H14O3/c1-8(2)7-11(13)9-3-5-10(6-4-9)12(14)15/h3-6,8H,7H2,1-2H3,(H,14,15). The first-order valence-corrected chi connectivity index (χ1v) is 4.87. The zero-order valence-corrected chi connectivity index (χ0v) is 8.86. The highest BCUT2D eigenvalue weighted by Crippen LogP contribution is 2.10. The van der Waals surface area contributed by atoms with Gasteiger partial charge in [-0.25, -0.2) is 4.79 Å². The highest BCUT2D eigenvalue weighted by atomic mass is 16.4. The lowest BCUT2D eigenvalue weighted by molar-refractivity contribution is 0.0696. The monoisotopic (exact) mass is 206 g/mol. The van der Waals surface area contributed by atoms with Crippen LogP contribution >= 0.6 is 0 Å². The molecule has 0 saturated heterocycles. The lowest BCUT2D eigenvalue weighted by Gasteiger charge is -2.03. The molecule has 0 radical (unpaired) electrons. The Morgan fingerprint density at radius 2 is 1.60 bits per heavy atom. The molecule has 3 heteroatoms. The van der Waals surface area contributed by atoms with Gasteiger partial charge in [0.2, 0.25) is 0 Å². The number of benzene rings is 1. The van der Waals surface area contributed by atoms with Crippen LogP contribution < -0.4 is 0 Å². The number of carbonyl (C=O) groups is 2. The van der Waals surface area contributed by atoms with E-state index in [0.717, 1.165) is 0 Å². The third-order valence-corrected chi connectivity index (χ3v) is 2.05. The molecule has 1 rings (SSSR count). The zero-order valence-electron chi connectivity index (χ0n) is 8.86. The van der Waals surface area contributed by atoms with Gasteiger partial charge in [-0.3, -0.25) is 4.79 Å². The summed E-state index contributed by atoms with van der Waals surface area (Å²) in [6, 6.07) is 6.04. The summed E-state index contributed by atoms with van der Waals surface area (Å²) in [6.45, 7) is 3.95. The van der Waals surface area contributed by atoms with E-state index in [0.29, 0.717) is 17.9 Å². The molecule has 0 heterocycles. The smallest absolute Gasteiger partial charge is 0.335 e. The molecule has 1 aromatic carbocycles. The number of carboxylic acids is 1. The summed E-state index contributed by atoms with van der Waals surface area (Å²) in [5, 5.41) is 8.67. The van der Waals surface area contributed by atoms with Gasteiger partial charge in [0.1, 0.15) is 0 Å². The van der Waals surface area contributed by atoms with E-state index in [1.807, 2.05) is 13.8 Å². The Morgan fingerprint density at radius 1 is 1.13 bits per heavy atom. The zero-order chi connectivity index (χ0) is 11.4. The van der Waals surface area contributed by atoms with Crippen molar-refractivity contribution < 1.29 is 14.7 Å². The second kappa shape index (κ2) is 4.73. The third-order valence-electron chi connectivity index (χ3n) is 2.05. The van der Waals surface area contributed by atoms with Gasteiger partial charge < -0.3 is 5.11 Å². The molecule has 0 spiro atoms. The van der Waals surface area contributed by atoms with Crippen LogP contribution in [0.15, 0.2) is 24.3 Å². The van der Waals surface area contributed by atoms with E-state index in [-0.39, 0.29) is 11.3 Å². The third kappa shape index (κ3) is 3.20. The SMILES string of the molecule is CC(C)CC(=O)c1ccc(C(=O)O)cc1. The van der Waals surface area contributed by atoms with Gasteiger partial charge in [0, 0.05) is 12.0 Å². The Hall–Kier alpha value is -1.64. The largest absolute Gasteiger partial charge is 0.478 e. The summed E-state index contributed by atoms with van der Waals surface area (Å²) in [5.41, 5.74) is 0.782. The second-order valence-corrected chi connectivity index (χ2v) is 3.90. The minimum Gasteiger partial charge on any atom is -0.478 e. The van der Waals surface area contributed by atoms with Crippen LogP contribution in [0.2, 0.25) is 0 Å². The van der Waals surface area contributed by atoms with Crippen molar-refractivity contribution in [1.82, 2.24) is 0 Å². The lowest BCUT2D eigenvalue weighted by atomic mass is 10.0. The van der Waals surface area contributed by atoms with Crippen LogP contribution in [0.5, 0.6) is 0 Å². The number of hydrogen-bond donors (Lipinski definition) is 1. The number of aromatic carboxylic acids is 1. The first-order valence-electron chi connectivity index (χ1n) is 4.87. The van der Waals surface area contributed by atoms with Crippen molar-refractivity contribution in [2.75, 3.05) is 0 Å². The fourth-order valence-electron chi connectivity index (χ4n) is 1.29. The lowest BCUT2D eigenvalue weighted by Crippen LogP contribution is -2.04. The van der Waals surface area contributed by atoms with Gasteiger partial charge in [-0.2, -0.15) is 0 Å². The predicted molar refractivity (Wildman–Crippen MR) is 57.2 cm³/mol. The molecule has 1 aromatic rings. The molecule has 0 atom stereocenters. The van der Waals surface area contributed by atoms with Crippen LogP contribution in [0.25, 0.3) is 0 Å². The molecular weight excluding hydrogens is 192 g/mol. The van der Waals surface area contributed by atoms with Crippen molar-refractivity contribution in [3.05, 3.63) is 35.4 Å². The topological polar surface area (TPSA) is 54.4 Å². The number of carboxylic acid groups (broad SMARTS) is 1. The highest BCUT2D eigenvalue weighted by Gasteiger charge is 2.09. The van der Waals surface area contributed by atoms with Gasteiger partial charge in [0.15, 0.2) is 5.78 Å². The maximum Gasteiger partial charge on any atom is 0.335 e. The Balaban J connectivity index is 2.80. The maximum atomic E-state index is 11.6.